The van der Waals surface area contributed by atoms with Gasteiger partial charge in [-0.05, 0) is 24.3 Å². The molecule has 3 rings (SSSR count). The van der Waals surface area contributed by atoms with Crippen LogP contribution in [0.4, 0.5) is 10.1 Å². The summed E-state index contributed by atoms with van der Waals surface area (Å²) in [5.74, 6) is -1.09. The van der Waals surface area contributed by atoms with Gasteiger partial charge in [0.05, 0.1) is 11.1 Å². The average molecular weight is 363 g/mol. The summed E-state index contributed by atoms with van der Waals surface area (Å²) >= 11 is 0. The molecule has 0 fully saturated rings. The van der Waals surface area contributed by atoms with Crippen LogP contribution in [0.2, 0.25) is 0 Å². The van der Waals surface area contributed by atoms with E-state index in [1.165, 1.54) is 29.4 Å². The first-order valence-electron chi connectivity index (χ1n) is 8.36. The quantitative estimate of drug-likeness (QED) is 0.755. The van der Waals surface area contributed by atoms with Crippen LogP contribution < -0.4 is 10.2 Å². The molecule has 0 atom stereocenters. The zero-order chi connectivity index (χ0) is 19.2. The molecular weight excluding hydrogens is 345 g/mol. The second-order valence-electron chi connectivity index (χ2n) is 5.94. The highest BCUT2D eigenvalue weighted by Crippen LogP contribution is 2.15. The van der Waals surface area contributed by atoms with Gasteiger partial charge in [0.25, 0.3) is 11.8 Å². The third kappa shape index (κ3) is 4.36. The number of carbonyl (C=O) groups is 2. The summed E-state index contributed by atoms with van der Waals surface area (Å²) in [6, 6.07) is 16.9. The summed E-state index contributed by atoms with van der Waals surface area (Å²) in [5.41, 5.74) is 1.64. The number of halogens is 1. The van der Waals surface area contributed by atoms with Crippen LogP contribution in [0.15, 0.2) is 73.1 Å². The Labute approximate surface area is 156 Å². The molecule has 0 aliphatic carbocycles. The monoisotopic (exact) mass is 363 g/mol. The summed E-state index contributed by atoms with van der Waals surface area (Å²) in [5, 5.41) is 2.64. The van der Waals surface area contributed by atoms with Crippen molar-refractivity contribution in [3.63, 3.8) is 0 Å². The Hall–Kier alpha value is -3.54. The Morgan fingerprint density at radius 1 is 1.00 bits per heavy atom. The molecule has 0 saturated carbocycles. The Kier molecular flexibility index (Phi) is 5.56. The smallest absolute Gasteiger partial charge is 0.259 e. The number of nitrogens with one attached hydrogen (secondary N) is 1. The molecule has 0 aliphatic heterocycles. The fraction of sp³-hybridized carbons (Fsp3) is 0.0952. The number of hydrogen-bond acceptors (Lipinski definition) is 3. The lowest BCUT2D eigenvalue weighted by atomic mass is 10.1. The molecule has 1 aromatic heterocycles. The predicted molar refractivity (Wildman–Crippen MR) is 101 cm³/mol. The molecule has 2 amide bonds. The van der Waals surface area contributed by atoms with Crippen LogP contribution >= 0.6 is 0 Å². The molecule has 1 N–H and O–H groups in total. The van der Waals surface area contributed by atoms with Crippen LogP contribution in [0.3, 0.4) is 0 Å². The first-order chi connectivity index (χ1) is 13.1. The third-order valence-corrected chi connectivity index (χ3v) is 4.09. The topological polar surface area (TPSA) is 62.3 Å². The number of carbonyl (C=O) groups excluding carboxylic acids is 2. The number of para-hydroxylation sites is 1. The van der Waals surface area contributed by atoms with Gasteiger partial charge >= 0.3 is 0 Å². The first kappa shape index (κ1) is 18.3. The Balaban J connectivity index is 1.72. The highest BCUT2D eigenvalue weighted by molar-refractivity contribution is 6.07. The molecule has 6 heteroatoms. The molecule has 0 saturated heterocycles. The molecule has 0 unspecified atom stereocenters. The molecule has 0 aliphatic rings. The fourth-order valence-corrected chi connectivity index (χ4v) is 2.56. The third-order valence-electron chi connectivity index (χ3n) is 4.09. The second kappa shape index (κ2) is 8.23. The SMILES string of the molecule is CN(C(=O)c1cncc(C(=O)NCc2ccccc2F)c1)c1ccccc1. The molecule has 0 radical (unpaired) electrons. The lowest BCUT2D eigenvalue weighted by molar-refractivity contribution is 0.0950. The van der Waals surface area contributed by atoms with Crippen molar-refractivity contribution in [2.75, 3.05) is 11.9 Å². The van der Waals surface area contributed by atoms with Crippen molar-refractivity contribution in [2.24, 2.45) is 0 Å². The molecule has 0 bridgehead atoms. The lowest BCUT2D eigenvalue weighted by Crippen LogP contribution is -2.27. The maximum Gasteiger partial charge on any atom is 0.259 e. The van der Waals surface area contributed by atoms with E-state index in [1.807, 2.05) is 30.3 Å². The number of nitrogens with zero attached hydrogens (tertiary/aromatic N) is 2. The van der Waals surface area contributed by atoms with E-state index in [9.17, 15) is 14.0 Å². The van der Waals surface area contributed by atoms with E-state index in [1.54, 1.807) is 25.2 Å². The van der Waals surface area contributed by atoms with E-state index in [4.69, 9.17) is 0 Å². The lowest BCUT2D eigenvalue weighted by Gasteiger charge is -2.17. The number of pyridine rings is 1. The summed E-state index contributed by atoms with van der Waals surface area (Å²) in [7, 11) is 1.66. The van der Waals surface area contributed by atoms with Crippen molar-refractivity contribution in [2.45, 2.75) is 6.54 Å². The van der Waals surface area contributed by atoms with Crippen LogP contribution in [0.5, 0.6) is 0 Å². The number of benzene rings is 2. The molecule has 136 valence electrons. The van der Waals surface area contributed by atoms with Gasteiger partial charge in [-0.3, -0.25) is 14.6 Å². The van der Waals surface area contributed by atoms with Gasteiger partial charge in [-0.25, -0.2) is 4.39 Å². The van der Waals surface area contributed by atoms with E-state index in [-0.39, 0.29) is 23.8 Å². The largest absolute Gasteiger partial charge is 0.348 e. The fourth-order valence-electron chi connectivity index (χ4n) is 2.56. The van der Waals surface area contributed by atoms with Gasteiger partial charge in [-0.2, -0.15) is 0 Å². The van der Waals surface area contributed by atoms with Crippen molar-refractivity contribution in [3.8, 4) is 0 Å². The van der Waals surface area contributed by atoms with Gasteiger partial charge in [0.2, 0.25) is 0 Å². The van der Waals surface area contributed by atoms with E-state index >= 15 is 0 Å². The van der Waals surface area contributed by atoms with Crippen LogP contribution in [0.25, 0.3) is 0 Å². The summed E-state index contributed by atoms with van der Waals surface area (Å²) in [6.07, 6.45) is 2.78. The minimum absolute atomic E-state index is 0.0492. The molecule has 3 aromatic rings. The highest BCUT2D eigenvalue weighted by atomic mass is 19.1. The summed E-state index contributed by atoms with van der Waals surface area (Å²) < 4.78 is 13.6. The molecule has 2 aromatic carbocycles. The highest BCUT2D eigenvalue weighted by Gasteiger charge is 2.16. The van der Waals surface area contributed by atoms with Gasteiger partial charge in [0, 0.05) is 37.2 Å². The van der Waals surface area contributed by atoms with Gasteiger partial charge < -0.3 is 10.2 Å². The minimum Gasteiger partial charge on any atom is -0.348 e. The van der Waals surface area contributed by atoms with Crippen molar-refractivity contribution in [1.29, 1.82) is 0 Å². The Morgan fingerprint density at radius 2 is 1.67 bits per heavy atom. The van der Waals surface area contributed by atoms with E-state index in [0.29, 0.717) is 11.1 Å². The van der Waals surface area contributed by atoms with Gasteiger partial charge in [-0.15, -0.1) is 0 Å². The average Bonchev–Trinajstić information content (AvgIpc) is 2.72. The molecular formula is C21H18FN3O2. The molecule has 5 nitrogen and oxygen atoms in total. The maximum absolute atomic E-state index is 13.6. The predicted octanol–water partition coefficient (Wildman–Crippen LogP) is 3.43. The first-order valence-corrected chi connectivity index (χ1v) is 8.36. The van der Waals surface area contributed by atoms with Gasteiger partial charge in [0.15, 0.2) is 0 Å². The summed E-state index contributed by atoms with van der Waals surface area (Å²) in [4.78, 5) is 30.5. The zero-order valence-corrected chi connectivity index (χ0v) is 14.7. The van der Waals surface area contributed by atoms with E-state index in [2.05, 4.69) is 10.3 Å². The van der Waals surface area contributed by atoms with Crippen LogP contribution in [-0.4, -0.2) is 23.8 Å². The van der Waals surface area contributed by atoms with E-state index < -0.39 is 5.91 Å². The summed E-state index contributed by atoms with van der Waals surface area (Å²) in [6.45, 7) is 0.0492. The van der Waals surface area contributed by atoms with Crippen LogP contribution in [0.1, 0.15) is 26.3 Å². The number of rotatable bonds is 5. The zero-order valence-electron chi connectivity index (χ0n) is 14.7. The maximum atomic E-state index is 13.6. The van der Waals surface area contributed by atoms with Gasteiger partial charge in [-0.1, -0.05) is 36.4 Å². The second-order valence-corrected chi connectivity index (χ2v) is 5.94. The standard InChI is InChI=1S/C21H18FN3O2/c1-25(18-8-3-2-4-9-18)21(27)17-11-16(12-23-13-17)20(26)24-14-15-7-5-6-10-19(15)22/h2-13H,14H2,1H3,(H,24,26). The molecule has 27 heavy (non-hydrogen) atoms. The number of amides is 2. The van der Waals surface area contributed by atoms with E-state index in [0.717, 1.165) is 5.69 Å². The Bertz CT molecular complexity index is 960. The van der Waals surface area contributed by atoms with Crippen molar-refractivity contribution >= 4 is 17.5 Å². The van der Waals surface area contributed by atoms with Crippen LogP contribution in [0, 0.1) is 5.82 Å². The minimum atomic E-state index is -0.428. The van der Waals surface area contributed by atoms with Crippen molar-refractivity contribution in [1.82, 2.24) is 10.3 Å². The molecule has 0 spiro atoms. The molecule has 1 heterocycles. The number of aromatic nitrogens is 1. The number of hydrogen-bond donors (Lipinski definition) is 1. The van der Waals surface area contributed by atoms with Crippen molar-refractivity contribution < 1.29 is 14.0 Å². The van der Waals surface area contributed by atoms with Crippen LogP contribution in [-0.2, 0) is 6.54 Å². The van der Waals surface area contributed by atoms with Gasteiger partial charge in [0.1, 0.15) is 5.82 Å². The normalized spacial score (nSPS) is 10.3. The number of anilines is 1. The Morgan fingerprint density at radius 3 is 2.41 bits per heavy atom. The van der Waals surface area contributed by atoms with Crippen molar-refractivity contribution in [3.05, 3.63) is 95.6 Å².